The van der Waals surface area contributed by atoms with Gasteiger partial charge in [0.25, 0.3) is 0 Å². The normalized spacial score (nSPS) is 19.5. The van der Waals surface area contributed by atoms with Crippen LogP contribution < -0.4 is 14.8 Å². The quantitative estimate of drug-likeness (QED) is 0.674. The first-order valence-corrected chi connectivity index (χ1v) is 12.3. The number of thiazole rings is 1. The number of benzene rings is 1. The highest BCUT2D eigenvalue weighted by Gasteiger charge is 2.27. The van der Waals surface area contributed by atoms with Gasteiger partial charge >= 0.3 is 0 Å². The summed E-state index contributed by atoms with van der Waals surface area (Å²) >= 11 is 1.76. The fraction of sp³-hybridized carbons (Fsp3) is 0.583. The zero-order valence-electron chi connectivity index (χ0n) is 18.6. The zero-order valence-corrected chi connectivity index (χ0v) is 19.4. The molecule has 4 rings (SSSR count). The molecule has 0 spiro atoms. The molecule has 1 unspecified atom stereocenters. The van der Waals surface area contributed by atoms with E-state index in [2.05, 4.69) is 27.5 Å². The lowest BCUT2D eigenvalue weighted by molar-refractivity contribution is -0.126. The molecule has 6 nitrogen and oxygen atoms in total. The van der Waals surface area contributed by atoms with Gasteiger partial charge in [0.15, 0.2) is 0 Å². The van der Waals surface area contributed by atoms with Crippen LogP contribution in [0.2, 0.25) is 0 Å². The first-order valence-electron chi connectivity index (χ1n) is 11.5. The van der Waals surface area contributed by atoms with E-state index in [-0.39, 0.29) is 11.8 Å². The van der Waals surface area contributed by atoms with Crippen molar-refractivity contribution in [3.8, 4) is 11.5 Å². The van der Waals surface area contributed by atoms with Crippen LogP contribution in [0.1, 0.15) is 43.0 Å². The number of aryl methyl sites for hydroxylation is 1. The third-order valence-electron chi connectivity index (χ3n) is 6.18. The minimum Gasteiger partial charge on any atom is -0.494 e. The van der Waals surface area contributed by atoms with Gasteiger partial charge in [-0.15, -0.1) is 11.3 Å². The molecular weight excluding hydrogens is 410 g/mol. The van der Waals surface area contributed by atoms with E-state index in [1.165, 1.54) is 10.7 Å². The second-order valence-corrected chi connectivity index (χ2v) is 9.41. The van der Waals surface area contributed by atoms with Crippen LogP contribution in [-0.4, -0.2) is 48.6 Å². The fourth-order valence-electron chi connectivity index (χ4n) is 4.35. The number of aromatic nitrogens is 1. The number of ether oxygens (including phenoxy) is 2. The molecule has 2 aromatic rings. The molecule has 168 valence electrons. The Morgan fingerprint density at radius 2 is 2.16 bits per heavy atom. The molecule has 0 aliphatic carbocycles. The Morgan fingerprint density at radius 3 is 2.90 bits per heavy atom. The lowest BCUT2D eigenvalue weighted by atomic mass is 9.94. The van der Waals surface area contributed by atoms with Crippen LogP contribution in [0.5, 0.6) is 11.5 Å². The second kappa shape index (κ2) is 10.5. The number of carbonyl (C=O) groups excluding carboxylic acids is 1. The molecule has 1 amide bonds. The summed E-state index contributed by atoms with van der Waals surface area (Å²) in [5.41, 5.74) is 2.25. The number of rotatable bonds is 8. The van der Waals surface area contributed by atoms with Gasteiger partial charge in [0.2, 0.25) is 5.91 Å². The van der Waals surface area contributed by atoms with Crippen LogP contribution >= 0.6 is 11.3 Å². The molecule has 1 atom stereocenters. The zero-order chi connectivity index (χ0) is 21.6. The van der Waals surface area contributed by atoms with Crippen molar-refractivity contribution in [2.24, 2.45) is 11.8 Å². The summed E-state index contributed by atoms with van der Waals surface area (Å²) in [4.78, 5) is 19.9. The van der Waals surface area contributed by atoms with Crippen LogP contribution in [0.15, 0.2) is 23.6 Å². The van der Waals surface area contributed by atoms with Crippen molar-refractivity contribution < 1.29 is 14.3 Å². The van der Waals surface area contributed by atoms with Crippen molar-refractivity contribution in [2.75, 3.05) is 32.8 Å². The number of piperidine rings is 1. The number of nitrogens with one attached hydrogen (secondary N) is 1. The van der Waals surface area contributed by atoms with Crippen molar-refractivity contribution in [2.45, 2.75) is 46.1 Å². The number of hydrogen-bond acceptors (Lipinski definition) is 6. The van der Waals surface area contributed by atoms with E-state index in [1.54, 1.807) is 11.3 Å². The number of likely N-dealkylation sites (tertiary alicyclic amines) is 1. The molecule has 0 saturated carbocycles. The minimum absolute atomic E-state index is 0.101. The summed E-state index contributed by atoms with van der Waals surface area (Å²) in [6, 6.07) is 5.86. The Balaban J connectivity index is 1.20. The van der Waals surface area contributed by atoms with Gasteiger partial charge in [-0.1, -0.05) is 6.92 Å². The van der Waals surface area contributed by atoms with Crippen molar-refractivity contribution in [3.63, 3.8) is 0 Å². The SMILES string of the molecule is CCOc1ccc2c(c1)CC(C(=O)NCC1CCN(Cc3csc(CC)n3)CC1)CO2. The molecular formula is C24H33N3O3S. The van der Waals surface area contributed by atoms with E-state index in [4.69, 9.17) is 9.47 Å². The summed E-state index contributed by atoms with van der Waals surface area (Å²) in [6.07, 6.45) is 3.95. The lowest BCUT2D eigenvalue weighted by Gasteiger charge is -2.32. The molecule has 0 bridgehead atoms. The number of hydrogen-bond donors (Lipinski definition) is 1. The maximum atomic E-state index is 12.8. The largest absolute Gasteiger partial charge is 0.494 e. The van der Waals surface area contributed by atoms with Gasteiger partial charge < -0.3 is 14.8 Å². The fourth-order valence-corrected chi connectivity index (χ4v) is 5.08. The van der Waals surface area contributed by atoms with Crippen molar-refractivity contribution >= 4 is 17.2 Å². The predicted molar refractivity (Wildman–Crippen MR) is 123 cm³/mol. The van der Waals surface area contributed by atoms with E-state index < -0.39 is 0 Å². The summed E-state index contributed by atoms with van der Waals surface area (Å²) in [6.45, 7) is 9.03. The minimum atomic E-state index is -0.137. The molecule has 1 aromatic heterocycles. The molecule has 1 aromatic carbocycles. The Hall–Kier alpha value is -2.12. The smallest absolute Gasteiger partial charge is 0.226 e. The summed E-state index contributed by atoms with van der Waals surface area (Å²) in [7, 11) is 0. The van der Waals surface area contributed by atoms with Crippen LogP contribution in [0.25, 0.3) is 0 Å². The monoisotopic (exact) mass is 443 g/mol. The van der Waals surface area contributed by atoms with Crippen LogP contribution in [0.3, 0.4) is 0 Å². The number of amides is 1. The third-order valence-corrected chi connectivity index (χ3v) is 7.22. The van der Waals surface area contributed by atoms with Crippen molar-refractivity contribution in [1.29, 1.82) is 0 Å². The number of fused-ring (bicyclic) bond motifs is 1. The van der Waals surface area contributed by atoms with E-state index >= 15 is 0 Å². The molecule has 1 saturated heterocycles. The maximum absolute atomic E-state index is 12.8. The van der Waals surface area contributed by atoms with E-state index in [0.29, 0.717) is 25.6 Å². The van der Waals surface area contributed by atoms with Gasteiger partial charge in [-0.05, 0) is 75.4 Å². The molecule has 7 heteroatoms. The second-order valence-electron chi connectivity index (χ2n) is 8.47. The molecule has 31 heavy (non-hydrogen) atoms. The van der Waals surface area contributed by atoms with Crippen molar-refractivity contribution in [3.05, 3.63) is 39.8 Å². The highest BCUT2D eigenvalue weighted by molar-refractivity contribution is 7.09. The first-order chi connectivity index (χ1) is 15.1. The summed E-state index contributed by atoms with van der Waals surface area (Å²) < 4.78 is 11.4. The highest BCUT2D eigenvalue weighted by Crippen LogP contribution is 2.31. The average molecular weight is 444 g/mol. The lowest BCUT2D eigenvalue weighted by Crippen LogP contribution is -2.42. The van der Waals surface area contributed by atoms with Gasteiger partial charge in [0, 0.05) is 18.5 Å². The standard InChI is InChI=1S/C24H33N3O3S/c1-3-23-26-20(16-31-23)14-27-9-7-17(8-10-27)13-25-24(28)19-11-18-12-21(29-4-2)5-6-22(18)30-15-19/h5-6,12,16-17,19H,3-4,7-11,13-15H2,1-2H3,(H,25,28). The topological polar surface area (TPSA) is 63.7 Å². The van der Waals surface area contributed by atoms with Gasteiger partial charge in [-0.25, -0.2) is 4.98 Å². The van der Waals surface area contributed by atoms with Crippen LogP contribution in [0.4, 0.5) is 0 Å². The van der Waals surface area contributed by atoms with Crippen LogP contribution in [-0.2, 0) is 24.2 Å². The Bertz CT molecular complexity index is 877. The summed E-state index contributed by atoms with van der Waals surface area (Å²) in [5.74, 6) is 2.21. The Kier molecular flexibility index (Phi) is 7.45. The average Bonchev–Trinajstić information content (AvgIpc) is 3.25. The Labute approximate surface area is 189 Å². The van der Waals surface area contributed by atoms with Crippen LogP contribution in [0, 0.1) is 11.8 Å². The van der Waals surface area contributed by atoms with Gasteiger partial charge in [0.1, 0.15) is 18.1 Å². The summed E-state index contributed by atoms with van der Waals surface area (Å²) in [5, 5.41) is 6.59. The van der Waals surface area contributed by atoms with Gasteiger partial charge in [-0.3, -0.25) is 9.69 Å². The molecule has 0 radical (unpaired) electrons. The predicted octanol–water partition coefficient (Wildman–Crippen LogP) is 3.68. The van der Waals surface area contributed by atoms with E-state index in [0.717, 1.165) is 62.5 Å². The first kappa shape index (κ1) is 22.1. The maximum Gasteiger partial charge on any atom is 0.226 e. The third kappa shape index (κ3) is 5.77. The Morgan fingerprint density at radius 1 is 1.32 bits per heavy atom. The molecule has 3 heterocycles. The molecule has 1 N–H and O–H groups in total. The number of carbonyl (C=O) groups is 1. The van der Waals surface area contributed by atoms with E-state index in [9.17, 15) is 4.79 Å². The van der Waals surface area contributed by atoms with Gasteiger partial charge in [-0.2, -0.15) is 0 Å². The van der Waals surface area contributed by atoms with Gasteiger partial charge in [0.05, 0.1) is 23.2 Å². The highest BCUT2D eigenvalue weighted by atomic mass is 32.1. The number of nitrogens with zero attached hydrogens (tertiary/aromatic N) is 2. The molecule has 2 aliphatic rings. The molecule has 2 aliphatic heterocycles. The molecule has 1 fully saturated rings. The van der Waals surface area contributed by atoms with Crippen molar-refractivity contribution in [1.82, 2.24) is 15.2 Å². The van der Waals surface area contributed by atoms with E-state index in [1.807, 2.05) is 25.1 Å².